The highest BCUT2D eigenvalue weighted by atomic mass is 79.9. The van der Waals surface area contributed by atoms with Gasteiger partial charge in [-0.3, -0.25) is 14.6 Å². The second kappa shape index (κ2) is 5.48. The first-order valence-corrected chi connectivity index (χ1v) is 6.53. The van der Waals surface area contributed by atoms with Crippen molar-refractivity contribution in [2.45, 2.75) is 25.9 Å². The van der Waals surface area contributed by atoms with Crippen molar-refractivity contribution >= 4 is 27.7 Å². The Morgan fingerprint density at radius 2 is 2.28 bits per heavy atom. The SMILES string of the molecule is CC1NC(=O)CCN(Cc2cncc(Br)c2)C1=O. The van der Waals surface area contributed by atoms with Crippen molar-refractivity contribution in [1.29, 1.82) is 0 Å². The molecule has 1 unspecified atom stereocenters. The maximum Gasteiger partial charge on any atom is 0.245 e. The molecule has 1 aromatic rings. The van der Waals surface area contributed by atoms with Crippen LogP contribution in [0.25, 0.3) is 0 Å². The van der Waals surface area contributed by atoms with Crippen molar-refractivity contribution in [3.8, 4) is 0 Å². The van der Waals surface area contributed by atoms with E-state index in [9.17, 15) is 9.59 Å². The van der Waals surface area contributed by atoms with Gasteiger partial charge in [-0.25, -0.2) is 0 Å². The van der Waals surface area contributed by atoms with E-state index in [2.05, 4.69) is 26.2 Å². The normalized spacial score (nSPS) is 20.6. The molecule has 2 rings (SSSR count). The minimum atomic E-state index is -0.458. The summed E-state index contributed by atoms with van der Waals surface area (Å²) in [6.07, 6.45) is 3.77. The molecule has 0 saturated carbocycles. The molecular weight excluding hydrogens is 298 g/mol. The van der Waals surface area contributed by atoms with Gasteiger partial charge in [-0.15, -0.1) is 0 Å². The first-order chi connectivity index (χ1) is 8.56. The standard InChI is InChI=1S/C12H14BrN3O2/c1-8-12(18)16(3-2-11(17)15-8)7-9-4-10(13)6-14-5-9/h4-6,8H,2-3,7H2,1H3,(H,15,17). The molecule has 0 radical (unpaired) electrons. The number of carbonyl (C=O) groups is 2. The van der Waals surface area contributed by atoms with Gasteiger partial charge in [0, 0.05) is 36.4 Å². The highest BCUT2D eigenvalue weighted by molar-refractivity contribution is 9.10. The molecule has 1 atom stereocenters. The van der Waals surface area contributed by atoms with Gasteiger partial charge < -0.3 is 10.2 Å². The molecule has 1 fully saturated rings. The maximum atomic E-state index is 12.1. The van der Waals surface area contributed by atoms with Gasteiger partial charge in [-0.1, -0.05) is 0 Å². The molecule has 0 bridgehead atoms. The van der Waals surface area contributed by atoms with E-state index in [4.69, 9.17) is 0 Å². The van der Waals surface area contributed by atoms with Gasteiger partial charge in [-0.05, 0) is 34.5 Å². The molecule has 1 aromatic heterocycles. The topological polar surface area (TPSA) is 62.3 Å². The summed E-state index contributed by atoms with van der Waals surface area (Å²) < 4.78 is 0.879. The van der Waals surface area contributed by atoms with E-state index in [-0.39, 0.29) is 11.8 Å². The summed E-state index contributed by atoms with van der Waals surface area (Å²) in [5, 5.41) is 2.66. The van der Waals surface area contributed by atoms with Crippen LogP contribution in [0.1, 0.15) is 18.9 Å². The number of pyridine rings is 1. The van der Waals surface area contributed by atoms with Crippen LogP contribution in [0.5, 0.6) is 0 Å². The highest BCUT2D eigenvalue weighted by Crippen LogP contribution is 2.13. The van der Waals surface area contributed by atoms with Crippen LogP contribution in [0.15, 0.2) is 22.9 Å². The summed E-state index contributed by atoms with van der Waals surface area (Å²) in [6.45, 7) is 2.63. The van der Waals surface area contributed by atoms with Gasteiger partial charge in [0.2, 0.25) is 11.8 Å². The molecule has 2 amide bonds. The first kappa shape index (κ1) is 13.0. The number of nitrogens with zero attached hydrogens (tertiary/aromatic N) is 2. The van der Waals surface area contributed by atoms with Crippen LogP contribution in [0.3, 0.4) is 0 Å². The third-order valence-corrected chi connectivity index (χ3v) is 3.24. The number of hydrogen-bond donors (Lipinski definition) is 1. The molecule has 0 aliphatic carbocycles. The van der Waals surface area contributed by atoms with Gasteiger partial charge in [-0.2, -0.15) is 0 Å². The molecule has 1 aliphatic rings. The zero-order valence-electron chi connectivity index (χ0n) is 10.0. The lowest BCUT2D eigenvalue weighted by Gasteiger charge is -2.22. The Balaban J connectivity index is 2.12. The molecule has 5 nitrogen and oxygen atoms in total. The van der Waals surface area contributed by atoms with Gasteiger partial charge in [0.05, 0.1) is 0 Å². The van der Waals surface area contributed by atoms with Crippen LogP contribution in [-0.4, -0.2) is 34.3 Å². The summed E-state index contributed by atoms with van der Waals surface area (Å²) in [5.74, 6) is -0.133. The Morgan fingerprint density at radius 1 is 1.50 bits per heavy atom. The summed E-state index contributed by atoms with van der Waals surface area (Å²) in [5.41, 5.74) is 0.944. The average Bonchev–Trinajstić information content (AvgIpc) is 2.43. The van der Waals surface area contributed by atoms with Crippen LogP contribution < -0.4 is 5.32 Å². The molecule has 2 heterocycles. The molecular formula is C12H14BrN3O2. The predicted molar refractivity (Wildman–Crippen MR) is 69.6 cm³/mol. The second-order valence-corrected chi connectivity index (χ2v) is 5.23. The zero-order chi connectivity index (χ0) is 13.1. The Kier molecular flexibility index (Phi) is 3.96. The van der Waals surface area contributed by atoms with E-state index in [1.807, 2.05) is 6.07 Å². The van der Waals surface area contributed by atoms with E-state index >= 15 is 0 Å². The number of carbonyl (C=O) groups excluding carboxylic acids is 2. The molecule has 1 saturated heterocycles. The number of halogens is 1. The van der Waals surface area contributed by atoms with E-state index in [1.54, 1.807) is 24.2 Å². The van der Waals surface area contributed by atoms with Gasteiger partial charge in [0.1, 0.15) is 6.04 Å². The Morgan fingerprint density at radius 3 is 3.00 bits per heavy atom. The Hall–Kier alpha value is -1.43. The first-order valence-electron chi connectivity index (χ1n) is 5.74. The third kappa shape index (κ3) is 3.07. The monoisotopic (exact) mass is 311 g/mol. The van der Waals surface area contributed by atoms with Crippen LogP contribution in [0.2, 0.25) is 0 Å². The number of hydrogen-bond acceptors (Lipinski definition) is 3. The van der Waals surface area contributed by atoms with Crippen molar-refractivity contribution in [2.75, 3.05) is 6.54 Å². The minimum absolute atomic E-state index is 0.0548. The lowest BCUT2D eigenvalue weighted by Crippen LogP contribution is -2.42. The number of amides is 2. The summed E-state index contributed by atoms with van der Waals surface area (Å²) in [7, 11) is 0. The summed E-state index contributed by atoms with van der Waals surface area (Å²) in [4.78, 5) is 29.2. The van der Waals surface area contributed by atoms with Gasteiger partial charge >= 0.3 is 0 Å². The lowest BCUT2D eigenvalue weighted by atomic mass is 10.2. The quantitative estimate of drug-likeness (QED) is 0.889. The second-order valence-electron chi connectivity index (χ2n) is 4.31. The minimum Gasteiger partial charge on any atom is -0.345 e. The van der Waals surface area contributed by atoms with Crippen LogP contribution in [0.4, 0.5) is 0 Å². The number of nitrogens with one attached hydrogen (secondary N) is 1. The van der Waals surface area contributed by atoms with Gasteiger partial charge in [0.15, 0.2) is 0 Å². The zero-order valence-corrected chi connectivity index (χ0v) is 11.6. The molecule has 1 aliphatic heterocycles. The molecule has 96 valence electrons. The predicted octanol–water partition coefficient (Wildman–Crippen LogP) is 1.08. The van der Waals surface area contributed by atoms with Crippen LogP contribution >= 0.6 is 15.9 Å². The van der Waals surface area contributed by atoms with Crippen molar-refractivity contribution in [3.63, 3.8) is 0 Å². The van der Waals surface area contributed by atoms with E-state index in [0.717, 1.165) is 10.0 Å². The molecule has 0 spiro atoms. The van der Waals surface area contributed by atoms with Crippen molar-refractivity contribution in [2.24, 2.45) is 0 Å². The van der Waals surface area contributed by atoms with Crippen molar-refractivity contribution in [3.05, 3.63) is 28.5 Å². The number of aromatic nitrogens is 1. The Bertz CT molecular complexity index is 478. The van der Waals surface area contributed by atoms with Crippen LogP contribution in [-0.2, 0) is 16.1 Å². The maximum absolute atomic E-state index is 12.1. The van der Waals surface area contributed by atoms with Crippen LogP contribution in [0, 0.1) is 0 Å². The van der Waals surface area contributed by atoms with Crippen molar-refractivity contribution in [1.82, 2.24) is 15.2 Å². The number of rotatable bonds is 2. The fourth-order valence-electron chi connectivity index (χ4n) is 1.92. The highest BCUT2D eigenvalue weighted by Gasteiger charge is 2.26. The fourth-order valence-corrected chi connectivity index (χ4v) is 2.33. The largest absolute Gasteiger partial charge is 0.345 e. The molecule has 18 heavy (non-hydrogen) atoms. The average molecular weight is 312 g/mol. The van der Waals surface area contributed by atoms with E-state index in [1.165, 1.54) is 0 Å². The Labute approximate surface area is 114 Å². The van der Waals surface area contributed by atoms with E-state index in [0.29, 0.717) is 19.5 Å². The third-order valence-electron chi connectivity index (χ3n) is 2.80. The lowest BCUT2D eigenvalue weighted by molar-refractivity contribution is -0.133. The summed E-state index contributed by atoms with van der Waals surface area (Å²) >= 11 is 3.35. The van der Waals surface area contributed by atoms with Gasteiger partial charge in [0.25, 0.3) is 0 Å². The molecule has 6 heteroatoms. The smallest absolute Gasteiger partial charge is 0.245 e. The summed E-state index contributed by atoms with van der Waals surface area (Å²) in [6, 6.07) is 1.46. The van der Waals surface area contributed by atoms with E-state index < -0.39 is 6.04 Å². The van der Waals surface area contributed by atoms with Crippen molar-refractivity contribution < 1.29 is 9.59 Å². The molecule has 1 N–H and O–H groups in total. The molecule has 0 aromatic carbocycles. The fraction of sp³-hybridized carbons (Fsp3) is 0.417.